The molecule has 0 spiro atoms. The Kier molecular flexibility index (Phi) is 3.36. The lowest BCUT2D eigenvalue weighted by Gasteiger charge is -2.04. The molecule has 5 nitrogen and oxygen atoms in total. The van der Waals surface area contributed by atoms with Crippen LogP contribution in [0.15, 0.2) is 4.34 Å². The predicted molar refractivity (Wildman–Crippen MR) is 75.9 cm³/mol. The smallest absolute Gasteiger partial charge is 0.274 e. The third kappa shape index (κ3) is 2.37. The van der Waals surface area contributed by atoms with Crippen molar-refractivity contribution < 1.29 is 13.2 Å². The molecular weight excluding hydrogens is 296 g/mol. The molecule has 1 amide bonds. The summed E-state index contributed by atoms with van der Waals surface area (Å²) in [6.07, 6.45) is 4.42. The molecule has 0 aromatic carbocycles. The number of carbonyl (C=O) groups is 1. The Balaban J connectivity index is 1.72. The standard InChI is InChI=1S/C13H18N2O3S2/c1-7-8(2)19-13(14-7)20(17,18)15-12(16)11-9-5-3-4-6-10(9)11/h9-11H,3-6H2,1-2H3,(H,15,16). The van der Waals surface area contributed by atoms with Crippen LogP contribution in [0, 0.1) is 31.6 Å². The average molecular weight is 314 g/mol. The lowest BCUT2D eigenvalue weighted by atomic mass is 10.0. The van der Waals surface area contributed by atoms with Gasteiger partial charge in [0.05, 0.1) is 5.69 Å². The number of nitrogens with one attached hydrogen (secondary N) is 1. The van der Waals surface area contributed by atoms with Crippen molar-refractivity contribution in [3.8, 4) is 0 Å². The van der Waals surface area contributed by atoms with Crippen LogP contribution in [0.5, 0.6) is 0 Å². The summed E-state index contributed by atoms with van der Waals surface area (Å²) in [6.45, 7) is 3.59. The van der Waals surface area contributed by atoms with Crippen LogP contribution >= 0.6 is 11.3 Å². The number of thiazole rings is 1. The summed E-state index contributed by atoms with van der Waals surface area (Å²) < 4.78 is 26.5. The van der Waals surface area contributed by atoms with Crippen LogP contribution in [0.1, 0.15) is 36.3 Å². The van der Waals surface area contributed by atoms with Gasteiger partial charge in [0.1, 0.15) is 0 Å². The second kappa shape index (κ2) is 4.80. The molecule has 1 aromatic heterocycles. The number of hydrogen-bond acceptors (Lipinski definition) is 5. The first-order valence-electron chi connectivity index (χ1n) is 6.91. The Morgan fingerprint density at radius 3 is 2.35 bits per heavy atom. The number of rotatable bonds is 3. The molecule has 3 rings (SSSR count). The molecule has 20 heavy (non-hydrogen) atoms. The van der Waals surface area contributed by atoms with Crippen LogP contribution in [0.25, 0.3) is 0 Å². The van der Waals surface area contributed by atoms with Crippen molar-refractivity contribution in [1.82, 2.24) is 9.71 Å². The van der Waals surface area contributed by atoms with Gasteiger partial charge in [-0.3, -0.25) is 4.79 Å². The number of aryl methyl sites for hydroxylation is 2. The highest BCUT2D eigenvalue weighted by atomic mass is 32.2. The lowest BCUT2D eigenvalue weighted by molar-refractivity contribution is -0.121. The number of nitrogens with zero attached hydrogens (tertiary/aromatic N) is 1. The largest absolute Gasteiger partial charge is 0.291 e. The summed E-state index contributed by atoms with van der Waals surface area (Å²) in [6, 6.07) is 0. The minimum atomic E-state index is -3.80. The molecule has 1 N–H and O–H groups in total. The molecule has 2 unspecified atom stereocenters. The van der Waals surface area contributed by atoms with E-state index in [9.17, 15) is 13.2 Å². The fraction of sp³-hybridized carbons (Fsp3) is 0.692. The Morgan fingerprint density at radius 2 is 1.85 bits per heavy atom. The van der Waals surface area contributed by atoms with Gasteiger partial charge in [-0.25, -0.2) is 9.71 Å². The van der Waals surface area contributed by atoms with Gasteiger partial charge in [-0.05, 0) is 38.5 Å². The molecule has 2 fully saturated rings. The molecule has 0 radical (unpaired) electrons. The molecule has 1 heterocycles. The third-order valence-electron chi connectivity index (χ3n) is 4.43. The van der Waals surface area contributed by atoms with Crippen molar-refractivity contribution in [2.45, 2.75) is 43.9 Å². The normalized spacial score (nSPS) is 28.8. The first kappa shape index (κ1) is 14.0. The van der Waals surface area contributed by atoms with Gasteiger partial charge in [-0.1, -0.05) is 12.8 Å². The molecule has 2 aliphatic rings. The van der Waals surface area contributed by atoms with Crippen molar-refractivity contribution in [3.05, 3.63) is 10.6 Å². The van der Waals surface area contributed by atoms with Crippen LogP contribution in [0.2, 0.25) is 0 Å². The van der Waals surface area contributed by atoms with E-state index in [1.54, 1.807) is 6.92 Å². The molecule has 110 valence electrons. The van der Waals surface area contributed by atoms with Crippen LogP contribution in [0.4, 0.5) is 0 Å². The van der Waals surface area contributed by atoms with Gasteiger partial charge in [-0.15, -0.1) is 11.3 Å². The van der Waals surface area contributed by atoms with Crippen molar-refractivity contribution >= 4 is 27.3 Å². The van der Waals surface area contributed by atoms with E-state index in [4.69, 9.17) is 0 Å². The summed E-state index contributed by atoms with van der Waals surface area (Å²) in [4.78, 5) is 17.0. The SMILES string of the molecule is Cc1nc(S(=O)(=O)NC(=O)C2C3CCCCC32)sc1C. The highest BCUT2D eigenvalue weighted by molar-refractivity contribution is 7.92. The molecular formula is C13H18N2O3S2. The van der Waals surface area contributed by atoms with Crippen LogP contribution in [0.3, 0.4) is 0 Å². The molecule has 2 aliphatic carbocycles. The van der Waals surface area contributed by atoms with Crippen LogP contribution in [-0.2, 0) is 14.8 Å². The zero-order valence-electron chi connectivity index (χ0n) is 11.5. The number of amides is 1. The predicted octanol–water partition coefficient (Wildman–Crippen LogP) is 2.00. The Labute approximate surface area is 122 Å². The number of fused-ring (bicyclic) bond motifs is 1. The van der Waals surface area contributed by atoms with E-state index < -0.39 is 10.0 Å². The first-order valence-corrected chi connectivity index (χ1v) is 9.21. The first-order chi connectivity index (χ1) is 9.40. The summed E-state index contributed by atoms with van der Waals surface area (Å²) in [7, 11) is -3.80. The van der Waals surface area contributed by atoms with Gasteiger partial charge < -0.3 is 0 Å². The highest BCUT2D eigenvalue weighted by Gasteiger charge is 2.55. The number of sulfonamides is 1. The fourth-order valence-electron chi connectivity index (χ4n) is 3.18. The maximum absolute atomic E-state index is 12.2. The molecule has 7 heteroatoms. The average Bonchev–Trinajstić information content (AvgIpc) is 3.01. The zero-order valence-corrected chi connectivity index (χ0v) is 13.2. The van der Waals surface area contributed by atoms with E-state index in [1.807, 2.05) is 6.92 Å². The summed E-state index contributed by atoms with van der Waals surface area (Å²) in [5.74, 6) is 0.360. The minimum absolute atomic E-state index is 0.00975. The van der Waals surface area contributed by atoms with Gasteiger partial charge >= 0.3 is 0 Å². The van der Waals surface area contributed by atoms with E-state index in [1.165, 1.54) is 0 Å². The fourth-order valence-corrected chi connectivity index (χ4v) is 5.51. The highest BCUT2D eigenvalue weighted by Crippen LogP contribution is 2.55. The molecule has 0 saturated heterocycles. The molecule has 1 aromatic rings. The Hall–Kier alpha value is -0.950. The van der Waals surface area contributed by atoms with E-state index in [0.29, 0.717) is 17.5 Å². The Bertz CT molecular complexity index is 619. The van der Waals surface area contributed by atoms with Crippen molar-refractivity contribution in [2.75, 3.05) is 0 Å². The molecule has 0 bridgehead atoms. The summed E-state index contributed by atoms with van der Waals surface area (Å²) in [5, 5.41) is 0. The maximum atomic E-state index is 12.2. The van der Waals surface area contributed by atoms with E-state index in [-0.39, 0.29) is 16.2 Å². The van der Waals surface area contributed by atoms with Crippen molar-refractivity contribution in [3.63, 3.8) is 0 Å². The van der Waals surface area contributed by atoms with Gasteiger partial charge in [0.2, 0.25) is 10.2 Å². The monoisotopic (exact) mass is 314 g/mol. The van der Waals surface area contributed by atoms with E-state index in [2.05, 4.69) is 9.71 Å². The maximum Gasteiger partial charge on any atom is 0.291 e. The second-order valence-corrected chi connectivity index (χ2v) is 8.79. The van der Waals surface area contributed by atoms with Gasteiger partial charge in [0.15, 0.2) is 0 Å². The van der Waals surface area contributed by atoms with E-state index in [0.717, 1.165) is 41.9 Å². The van der Waals surface area contributed by atoms with Gasteiger partial charge in [0.25, 0.3) is 10.0 Å². The summed E-state index contributed by atoms with van der Waals surface area (Å²) >= 11 is 1.11. The van der Waals surface area contributed by atoms with E-state index >= 15 is 0 Å². The second-order valence-electron chi connectivity index (χ2n) is 5.73. The number of hydrogen-bond donors (Lipinski definition) is 1. The number of aromatic nitrogens is 1. The Morgan fingerprint density at radius 1 is 1.25 bits per heavy atom. The minimum Gasteiger partial charge on any atom is -0.274 e. The summed E-state index contributed by atoms with van der Waals surface area (Å²) in [5.41, 5.74) is 0.697. The molecule has 2 saturated carbocycles. The van der Waals surface area contributed by atoms with Gasteiger partial charge in [-0.2, -0.15) is 8.42 Å². The quantitative estimate of drug-likeness (QED) is 0.926. The third-order valence-corrected chi connectivity index (χ3v) is 7.23. The topological polar surface area (TPSA) is 76.1 Å². The molecule has 2 atom stereocenters. The van der Waals surface area contributed by atoms with Crippen LogP contribution in [-0.4, -0.2) is 19.3 Å². The zero-order chi connectivity index (χ0) is 14.5. The van der Waals surface area contributed by atoms with Crippen molar-refractivity contribution in [2.24, 2.45) is 17.8 Å². The number of carbonyl (C=O) groups excluding carboxylic acids is 1. The van der Waals surface area contributed by atoms with Crippen LogP contribution < -0.4 is 4.72 Å². The molecule has 0 aliphatic heterocycles. The van der Waals surface area contributed by atoms with Crippen molar-refractivity contribution in [1.29, 1.82) is 0 Å². The van der Waals surface area contributed by atoms with Gasteiger partial charge in [0, 0.05) is 10.8 Å². The lowest BCUT2D eigenvalue weighted by Crippen LogP contribution is -2.32.